The fourth-order valence-corrected chi connectivity index (χ4v) is 3.50. The highest BCUT2D eigenvalue weighted by Gasteiger charge is 2.28. The predicted molar refractivity (Wildman–Crippen MR) is 92.5 cm³/mol. The van der Waals surface area contributed by atoms with E-state index in [1.807, 2.05) is 11.9 Å². The van der Waals surface area contributed by atoms with E-state index in [1.165, 1.54) is 12.1 Å². The second-order valence-corrected chi connectivity index (χ2v) is 6.58. The number of likely N-dealkylation sites (N-methyl/N-ethyl adjacent to an activating group) is 1. The van der Waals surface area contributed by atoms with Gasteiger partial charge in [0.1, 0.15) is 5.82 Å². The smallest absolute Gasteiger partial charge is 0.280 e. The molecule has 1 aromatic carbocycles. The van der Waals surface area contributed by atoms with Crippen molar-refractivity contribution in [2.24, 2.45) is 0 Å². The summed E-state index contributed by atoms with van der Waals surface area (Å²) >= 11 is 0. The van der Waals surface area contributed by atoms with Crippen molar-refractivity contribution in [1.82, 2.24) is 20.3 Å². The van der Waals surface area contributed by atoms with Gasteiger partial charge in [0.15, 0.2) is 5.69 Å². The molecule has 0 unspecified atom stereocenters. The largest absolute Gasteiger partial charge is 0.371 e. The Hall–Kier alpha value is -2.48. The minimum absolute atomic E-state index is 0.193. The van der Waals surface area contributed by atoms with Gasteiger partial charge in [0, 0.05) is 20.1 Å². The van der Waals surface area contributed by atoms with Crippen LogP contribution in [-0.4, -0.2) is 54.1 Å². The van der Waals surface area contributed by atoms with Gasteiger partial charge in [-0.2, -0.15) is 0 Å². The first kappa shape index (κ1) is 16.0. The van der Waals surface area contributed by atoms with Crippen LogP contribution in [0.2, 0.25) is 0 Å². The predicted octanol–water partition coefficient (Wildman–Crippen LogP) is 1.44. The molecule has 0 aliphatic carbocycles. The molecule has 1 amide bonds. The number of anilines is 2. The zero-order chi connectivity index (χ0) is 17.4. The van der Waals surface area contributed by atoms with Crippen molar-refractivity contribution in [3.05, 3.63) is 35.9 Å². The summed E-state index contributed by atoms with van der Waals surface area (Å²) < 4.78 is 15.4. The second kappa shape index (κ2) is 6.44. The summed E-state index contributed by atoms with van der Waals surface area (Å²) in [6.07, 6.45) is 3.70. The van der Waals surface area contributed by atoms with E-state index in [9.17, 15) is 9.18 Å². The van der Waals surface area contributed by atoms with Crippen LogP contribution in [0.15, 0.2) is 24.4 Å². The van der Waals surface area contributed by atoms with Crippen molar-refractivity contribution in [3.63, 3.8) is 0 Å². The maximum atomic E-state index is 13.6. The van der Waals surface area contributed by atoms with Gasteiger partial charge in [-0.25, -0.2) is 9.07 Å². The number of halogens is 1. The lowest BCUT2D eigenvalue weighted by atomic mass is 10.1. The number of nitrogens with one attached hydrogen (secondary N) is 1. The highest BCUT2D eigenvalue weighted by molar-refractivity contribution is 6.07. The van der Waals surface area contributed by atoms with Crippen LogP contribution in [0.5, 0.6) is 0 Å². The molecule has 0 spiro atoms. The molecule has 1 fully saturated rings. The zero-order valence-corrected chi connectivity index (χ0v) is 14.2. The van der Waals surface area contributed by atoms with Gasteiger partial charge >= 0.3 is 0 Å². The molecule has 2 aliphatic heterocycles. The zero-order valence-electron chi connectivity index (χ0n) is 14.2. The number of nitrogens with zero attached hydrogens (tertiary/aromatic N) is 5. The summed E-state index contributed by atoms with van der Waals surface area (Å²) in [5.41, 5.74) is 1.75. The molecule has 2 aromatic rings. The Morgan fingerprint density at radius 1 is 1.24 bits per heavy atom. The van der Waals surface area contributed by atoms with E-state index in [4.69, 9.17) is 0 Å². The Kier molecular flexibility index (Phi) is 4.12. The van der Waals surface area contributed by atoms with Crippen LogP contribution < -0.4 is 15.1 Å². The summed E-state index contributed by atoms with van der Waals surface area (Å²) in [6, 6.07) is 4.77. The number of aromatic nitrogens is 3. The average Bonchev–Trinajstić information content (AvgIpc) is 3.13. The Bertz CT molecular complexity index is 785. The molecular formula is C17H21FN6O. The van der Waals surface area contributed by atoms with Gasteiger partial charge in [-0.05, 0) is 44.1 Å². The van der Waals surface area contributed by atoms with Gasteiger partial charge in [0.25, 0.3) is 5.91 Å². The Morgan fingerprint density at radius 3 is 2.84 bits per heavy atom. The summed E-state index contributed by atoms with van der Waals surface area (Å²) in [7, 11) is 1.90. The van der Waals surface area contributed by atoms with E-state index in [1.54, 1.807) is 21.8 Å². The van der Waals surface area contributed by atoms with Crippen molar-refractivity contribution in [2.45, 2.75) is 18.9 Å². The first-order valence-electron chi connectivity index (χ1n) is 8.58. The number of carbonyl (C=O) groups is 1. The lowest BCUT2D eigenvalue weighted by Crippen LogP contribution is -2.42. The molecule has 1 N–H and O–H groups in total. The number of fused-ring (bicyclic) bond motifs is 1. The van der Waals surface area contributed by atoms with E-state index >= 15 is 0 Å². The van der Waals surface area contributed by atoms with Crippen molar-refractivity contribution in [3.8, 4) is 0 Å². The summed E-state index contributed by atoms with van der Waals surface area (Å²) in [4.78, 5) is 16.5. The van der Waals surface area contributed by atoms with Crippen molar-refractivity contribution in [2.75, 3.05) is 43.0 Å². The van der Waals surface area contributed by atoms with Crippen LogP contribution in [0.4, 0.5) is 15.8 Å². The monoisotopic (exact) mass is 344 g/mol. The lowest BCUT2D eigenvalue weighted by Gasteiger charge is -2.35. The number of benzene rings is 1. The first-order chi connectivity index (χ1) is 12.1. The highest BCUT2D eigenvalue weighted by atomic mass is 19.1. The average molecular weight is 344 g/mol. The van der Waals surface area contributed by atoms with Crippen LogP contribution in [0.25, 0.3) is 0 Å². The molecule has 132 valence electrons. The third-order valence-electron chi connectivity index (χ3n) is 4.96. The number of rotatable bonds is 2. The third kappa shape index (κ3) is 2.97. The summed E-state index contributed by atoms with van der Waals surface area (Å²) in [6.45, 7) is 3.08. The van der Waals surface area contributed by atoms with Gasteiger partial charge in [0.2, 0.25) is 0 Å². The molecule has 3 heterocycles. The van der Waals surface area contributed by atoms with Crippen LogP contribution in [0.3, 0.4) is 0 Å². The Labute approximate surface area is 145 Å². The first-order valence-corrected chi connectivity index (χ1v) is 8.58. The quantitative estimate of drug-likeness (QED) is 0.893. The molecule has 25 heavy (non-hydrogen) atoms. The third-order valence-corrected chi connectivity index (χ3v) is 4.96. The van der Waals surface area contributed by atoms with Crippen LogP contribution in [0, 0.1) is 5.82 Å². The van der Waals surface area contributed by atoms with Gasteiger partial charge in [-0.1, -0.05) is 5.21 Å². The second-order valence-electron chi connectivity index (χ2n) is 6.58. The maximum Gasteiger partial charge on any atom is 0.280 e. The number of carbonyl (C=O) groups excluding carboxylic acids is 1. The minimum atomic E-state index is -0.309. The minimum Gasteiger partial charge on any atom is -0.371 e. The molecule has 7 nitrogen and oxygen atoms in total. The molecular weight excluding hydrogens is 323 g/mol. The van der Waals surface area contributed by atoms with Gasteiger partial charge in [-0.15, -0.1) is 5.10 Å². The summed E-state index contributed by atoms with van der Waals surface area (Å²) in [5.74, 6) is -0.502. The lowest BCUT2D eigenvalue weighted by molar-refractivity contribution is 0.0982. The van der Waals surface area contributed by atoms with E-state index < -0.39 is 0 Å². The van der Waals surface area contributed by atoms with Crippen molar-refractivity contribution in [1.29, 1.82) is 0 Å². The topological polar surface area (TPSA) is 66.3 Å². The van der Waals surface area contributed by atoms with E-state index in [-0.39, 0.29) is 17.8 Å². The van der Waals surface area contributed by atoms with E-state index in [0.29, 0.717) is 30.2 Å². The van der Waals surface area contributed by atoms with Crippen LogP contribution >= 0.6 is 0 Å². The van der Waals surface area contributed by atoms with Gasteiger partial charge < -0.3 is 15.1 Å². The number of piperidine rings is 1. The maximum absolute atomic E-state index is 13.6. The molecule has 8 heteroatoms. The van der Waals surface area contributed by atoms with Gasteiger partial charge in [-0.3, -0.25) is 4.79 Å². The molecule has 0 atom stereocenters. The molecule has 1 saturated heterocycles. The van der Waals surface area contributed by atoms with Crippen molar-refractivity contribution >= 4 is 17.3 Å². The van der Waals surface area contributed by atoms with Crippen LogP contribution in [0.1, 0.15) is 29.4 Å². The van der Waals surface area contributed by atoms with Gasteiger partial charge in [0.05, 0.1) is 23.6 Å². The van der Waals surface area contributed by atoms with Crippen LogP contribution in [-0.2, 0) is 0 Å². The Morgan fingerprint density at radius 2 is 2.04 bits per heavy atom. The normalized spacial score (nSPS) is 18.3. The number of hydrogen-bond donors (Lipinski definition) is 1. The molecule has 0 saturated carbocycles. The molecule has 2 aliphatic rings. The number of hydrogen-bond acceptors (Lipinski definition) is 5. The Balaban J connectivity index is 1.59. The molecule has 0 radical (unpaired) electrons. The fourth-order valence-electron chi connectivity index (χ4n) is 3.50. The molecule has 1 aromatic heterocycles. The molecule has 0 bridgehead atoms. The standard InChI is InChI=1S/C17H21FN6O/c1-22-8-9-23(15-3-2-12(18)10-16(15)22)17(25)14-11-24(21-20-14)13-4-6-19-7-5-13/h2-3,10-11,13,19H,4-9H2,1H3. The SMILES string of the molecule is CN1CCN(C(=O)c2cn(C3CCNCC3)nn2)c2ccc(F)cc21. The fraction of sp³-hybridized carbons (Fsp3) is 0.471. The highest BCUT2D eigenvalue weighted by Crippen LogP contribution is 2.33. The van der Waals surface area contributed by atoms with Crippen molar-refractivity contribution < 1.29 is 9.18 Å². The summed E-state index contributed by atoms with van der Waals surface area (Å²) in [5, 5.41) is 11.6. The van der Waals surface area contributed by atoms with E-state index in [0.717, 1.165) is 25.9 Å². The molecule has 4 rings (SSSR count). The number of amides is 1. The van der Waals surface area contributed by atoms with E-state index in [2.05, 4.69) is 15.6 Å².